The van der Waals surface area contributed by atoms with Gasteiger partial charge >= 0.3 is 0 Å². The molecule has 1 rings (SSSR count). The van der Waals surface area contributed by atoms with E-state index in [0.29, 0.717) is 6.42 Å². The molecular formula is C12H15BrFN. The van der Waals surface area contributed by atoms with E-state index in [-0.39, 0.29) is 12.7 Å². The second-order valence-electron chi connectivity index (χ2n) is 3.61. The average Bonchev–Trinajstić information content (AvgIpc) is 2.20. The first kappa shape index (κ1) is 12.4. The van der Waals surface area contributed by atoms with Gasteiger partial charge in [-0.15, -0.1) is 0 Å². The summed E-state index contributed by atoms with van der Waals surface area (Å²) in [5.41, 5.74) is 2.25. The van der Waals surface area contributed by atoms with E-state index in [9.17, 15) is 4.39 Å². The van der Waals surface area contributed by atoms with E-state index < -0.39 is 0 Å². The Balaban J connectivity index is 2.75. The molecule has 15 heavy (non-hydrogen) atoms. The summed E-state index contributed by atoms with van der Waals surface area (Å²) in [6.45, 7) is 3.65. The van der Waals surface area contributed by atoms with Gasteiger partial charge in [0.15, 0.2) is 0 Å². The van der Waals surface area contributed by atoms with Crippen molar-refractivity contribution in [2.75, 3.05) is 6.67 Å². The van der Waals surface area contributed by atoms with Crippen LogP contribution in [-0.2, 0) is 0 Å². The molecule has 1 atom stereocenters. The van der Waals surface area contributed by atoms with Crippen LogP contribution in [0.5, 0.6) is 0 Å². The van der Waals surface area contributed by atoms with Crippen molar-refractivity contribution in [3.05, 3.63) is 33.8 Å². The number of hydrogen-bond donors (Lipinski definition) is 0. The standard InChI is InChI=1S/C12H15BrFN/c1-9-3-4-12(13)7-11(9)8-15-10(2)5-6-14/h3-4,7-8,10H,5-6H2,1-2H3/t10-/m0/s1. The van der Waals surface area contributed by atoms with Gasteiger partial charge in [0, 0.05) is 16.7 Å². The molecule has 0 unspecified atom stereocenters. The lowest BCUT2D eigenvalue weighted by molar-refractivity contribution is 0.448. The molecular weight excluding hydrogens is 257 g/mol. The number of halogens is 2. The smallest absolute Gasteiger partial charge is 0.0914 e. The largest absolute Gasteiger partial charge is 0.289 e. The average molecular weight is 272 g/mol. The van der Waals surface area contributed by atoms with Crippen LogP contribution in [0.2, 0.25) is 0 Å². The van der Waals surface area contributed by atoms with Crippen molar-refractivity contribution in [1.29, 1.82) is 0 Å². The molecule has 1 aromatic carbocycles. The van der Waals surface area contributed by atoms with Gasteiger partial charge in [-0.1, -0.05) is 22.0 Å². The predicted octanol–water partition coefficient (Wildman–Crippen LogP) is 3.92. The Morgan fingerprint density at radius 2 is 2.27 bits per heavy atom. The molecule has 0 saturated carbocycles. The van der Waals surface area contributed by atoms with Gasteiger partial charge in [-0.2, -0.15) is 0 Å². The maximum Gasteiger partial charge on any atom is 0.0914 e. The highest BCUT2D eigenvalue weighted by molar-refractivity contribution is 9.10. The Hall–Kier alpha value is -0.700. The van der Waals surface area contributed by atoms with Crippen LogP contribution in [0, 0.1) is 6.92 Å². The minimum absolute atomic E-state index is 0.0494. The third-order valence-corrected chi connectivity index (χ3v) is 2.73. The fourth-order valence-electron chi connectivity index (χ4n) is 1.19. The third kappa shape index (κ3) is 4.12. The molecule has 0 aliphatic rings. The minimum atomic E-state index is -0.310. The van der Waals surface area contributed by atoms with E-state index >= 15 is 0 Å². The lowest BCUT2D eigenvalue weighted by atomic mass is 10.1. The Kier molecular flexibility index (Phi) is 4.95. The molecule has 82 valence electrons. The Morgan fingerprint density at radius 3 is 2.93 bits per heavy atom. The summed E-state index contributed by atoms with van der Waals surface area (Å²) in [5.74, 6) is 0. The maximum absolute atomic E-state index is 12.0. The van der Waals surface area contributed by atoms with Gasteiger partial charge in [0.2, 0.25) is 0 Å². The van der Waals surface area contributed by atoms with E-state index in [4.69, 9.17) is 0 Å². The van der Waals surface area contributed by atoms with Crippen LogP contribution >= 0.6 is 15.9 Å². The number of aliphatic imine (C=N–C) groups is 1. The number of benzene rings is 1. The van der Waals surface area contributed by atoms with Gasteiger partial charge in [0.1, 0.15) is 0 Å². The second-order valence-corrected chi connectivity index (χ2v) is 4.52. The second kappa shape index (κ2) is 6.01. The third-order valence-electron chi connectivity index (χ3n) is 2.24. The van der Waals surface area contributed by atoms with Crippen molar-refractivity contribution in [2.45, 2.75) is 26.3 Å². The first-order valence-electron chi connectivity index (χ1n) is 4.98. The molecule has 0 spiro atoms. The molecule has 0 N–H and O–H groups in total. The summed E-state index contributed by atoms with van der Waals surface area (Å²) < 4.78 is 13.1. The van der Waals surface area contributed by atoms with Gasteiger partial charge < -0.3 is 0 Å². The van der Waals surface area contributed by atoms with Gasteiger partial charge in [0.05, 0.1) is 6.67 Å². The normalized spacial score (nSPS) is 13.3. The molecule has 0 aliphatic heterocycles. The number of alkyl halides is 1. The molecule has 1 nitrogen and oxygen atoms in total. The fraction of sp³-hybridized carbons (Fsp3) is 0.417. The molecule has 0 radical (unpaired) electrons. The zero-order valence-corrected chi connectivity index (χ0v) is 10.6. The Labute approximate surface area is 98.5 Å². The quantitative estimate of drug-likeness (QED) is 0.736. The topological polar surface area (TPSA) is 12.4 Å². The monoisotopic (exact) mass is 271 g/mol. The highest BCUT2D eigenvalue weighted by Crippen LogP contribution is 2.14. The molecule has 0 aromatic heterocycles. The minimum Gasteiger partial charge on any atom is -0.289 e. The van der Waals surface area contributed by atoms with Crippen LogP contribution in [0.1, 0.15) is 24.5 Å². The summed E-state index contributed by atoms with van der Waals surface area (Å²) in [4.78, 5) is 4.30. The predicted molar refractivity (Wildman–Crippen MR) is 66.5 cm³/mol. The summed E-state index contributed by atoms with van der Waals surface area (Å²) in [7, 11) is 0. The summed E-state index contributed by atoms with van der Waals surface area (Å²) in [6.07, 6.45) is 2.31. The zero-order chi connectivity index (χ0) is 11.3. The number of hydrogen-bond acceptors (Lipinski definition) is 1. The fourth-order valence-corrected chi connectivity index (χ4v) is 1.57. The Bertz CT molecular complexity index is 349. The first-order chi connectivity index (χ1) is 7.13. The molecule has 0 heterocycles. The van der Waals surface area contributed by atoms with E-state index in [1.54, 1.807) is 0 Å². The highest BCUT2D eigenvalue weighted by atomic mass is 79.9. The van der Waals surface area contributed by atoms with E-state index in [0.717, 1.165) is 10.0 Å². The van der Waals surface area contributed by atoms with Crippen LogP contribution in [0.3, 0.4) is 0 Å². The number of nitrogens with zero attached hydrogens (tertiary/aromatic N) is 1. The Morgan fingerprint density at radius 1 is 1.53 bits per heavy atom. The van der Waals surface area contributed by atoms with Crippen molar-refractivity contribution in [3.8, 4) is 0 Å². The highest BCUT2D eigenvalue weighted by Gasteiger charge is 1.99. The molecule has 0 bridgehead atoms. The van der Waals surface area contributed by atoms with Crippen molar-refractivity contribution in [3.63, 3.8) is 0 Å². The van der Waals surface area contributed by atoms with Crippen molar-refractivity contribution in [2.24, 2.45) is 4.99 Å². The number of rotatable bonds is 4. The van der Waals surface area contributed by atoms with E-state index in [1.807, 2.05) is 38.3 Å². The SMILES string of the molecule is Cc1ccc(Br)cc1C=N[C@@H](C)CCF. The lowest BCUT2D eigenvalue weighted by Gasteiger charge is -2.03. The molecule has 0 fully saturated rings. The van der Waals surface area contributed by atoms with Gasteiger partial charge in [0.25, 0.3) is 0 Å². The summed E-state index contributed by atoms with van der Waals surface area (Å²) in [6, 6.07) is 6.09. The molecule has 3 heteroatoms. The van der Waals surface area contributed by atoms with Crippen LogP contribution in [0.15, 0.2) is 27.7 Å². The van der Waals surface area contributed by atoms with E-state index in [2.05, 4.69) is 20.9 Å². The number of aryl methyl sites for hydroxylation is 1. The van der Waals surface area contributed by atoms with Crippen molar-refractivity contribution >= 4 is 22.1 Å². The van der Waals surface area contributed by atoms with Crippen molar-refractivity contribution < 1.29 is 4.39 Å². The molecule has 0 saturated heterocycles. The van der Waals surface area contributed by atoms with E-state index in [1.165, 1.54) is 5.56 Å². The first-order valence-corrected chi connectivity index (χ1v) is 5.78. The zero-order valence-electron chi connectivity index (χ0n) is 9.00. The van der Waals surface area contributed by atoms with Crippen LogP contribution in [0.4, 0.5) is 4.39 Å². The van der Waals surface area contributed by atoms with Gasteiger partial charge in [-0.05, 0) is 43.5 Å². The molecule has 0 amide bonds. The summed E-state index contributed by atoms with van der Waals surface area (Å²) in [5, 5.41) is 0. The van der Waals surface area contributed by atoms with Crippen LogP contribution in [-0.4, -0.2) is 18.9 Å². The van der Waals surface area contributed by atoms with Crippen LogP contribution < -0.4 is 0 Å². The van der Waals surface area contributed by atoms with Gasteiger partial charge in [-0.3, -0.25) is 9.38 Å². The van der Waals surface area contributed by atoms with Gasteiger partial charge in [-0.25, -0.2) is 0 Å². The summed E-state index contributed by atoms with van der Waals surface area (Å²) >= 11 is 3.41. The van der Waals surface area contributed by atoms with Crippen LogP contribution in [0.25, 0.3) is 0 Å². The maximum atomic E-state index is 12.0. The van der Waals surface area contributed by atoms with Crippen molar-refractivity contribution in [1.82, 2.24) is 0 Å². The molecule has 0 aliphatic carbocycles. The lowest BCUT2D eigenvalue weighted by Crippen LogP contribution is -2.00. The molecule has 1 aromatic rings.